The number of benzene rings is 1. The molecule has 104 valence electrons. The van der Waals surface area contributed by atoms with Gasteiger partial charge in [-0.1, -0.05) is 18.5 Å². The molecule has 1 atom stereocenters. The Hall–Kier alpha value is -1.13. The molecular weight excluding hydrogens is 267 g/mol. The van der Waals surface area contributed by atoms with Crippen LogP contribution in [0.25, 0.3) is 0 Å². The summed E-state index contributed by atoms with van der Waals surface area (Å²) in [5, 5.41) is 3.58. The third kappa shape index (κ3) is 3.25. The number of rotatable bonds is 1. The van der Waals surface area contributed by atoms with Gasteiger partial charge in [-0.2, -0.15) is 0 Å². The van der Waals surface area contributed by atoms with Crippen LogP contribution in [0.1, 0.15) is 22.8 Å². The number of halogens is 2. The molecule has 1 aliphatic heterocycles. The number of nitrogens with one attached hydrogen (secondary N) is 1. The van der Waals surface area contributed by atoms with Crippen molar-refractivity contribution in [2.24, 2.45) is 5.92 Å². The number of carbonyl (C=O) groups excluding carboxylic acids is 1. The third-order valence-corrected chi connectivity index (χ3v) is 3.66. The molecule has 0 saturated carbocycles. The van der Waals surface area contributed by atoms with Crippen molar-refractivity contribution in [3.63, 3.8) is 0 Å². The highest BCUT2D eigenvalue weighted by molar-refractivity contribution is 6.33. The first-order chi connectivity index (χ1) is 8.99. The first-order valence-corrected chi connectivity index (χ1v) is 6.82. The minimum absolute atomic E-state index is 0.195. The molecular formula is C14H18ClFN2O. The van der Waals surface area contributed by atoms with Crippen molar-refractivity contribution in [3.8, 4) is 0 Å². The van der Waals surface area contributed by atoms with Crippen LogP contribution >= 0.6 is 11.6 Å². The van der Waals surface area contributed by atoms with Gasteiger partial charge in [-0.05, 0) is 37.1 Å². The zero-order valence-corrected chi connectivity index (χ0v) is 11.9. The second-order valence-electron chi connectivity index (χ2n) is 5.14. The molecule has 19 heavy (non-hydrogen) atoms. The van der Waals surface area contributed by atoms with Crippen molar-refractivity contribution in [2.75, 3.05) is 26.2 Å². The van der Waals surface area contributed by atoms with E-state index in [4.69, 9.17) is 11.6 Å². The molecule has 0 aliphatic carbocycles. The van der Waals surface area contributed by atoms with E-state index in [2.05, 4.69) is 12.2 Å². The second-order valence-corrected chi connectivity index (χ2v) is 5.55. The maximum Gasteiger partial charge on any atom is 0.255 e. The van der Waals surface area contributed by atoms with Crippen LogP contribution in [0.5, 0.6) is 0 Å². The molecule has 1 fully saturated rings. The summed E-state index contributed by atoms with van der Waals surface area (Å²) in [7, 11) is 0. The molecule has 1 saturated heterocycles. The Kier molecular flexibility index (Phi) is 4.42. The van der Waals surface area contributed by atoms with E-state index in [1.807, 2.05) is 0 Å². The highest BCUT2D eigenvalue weighted by atomic mass is 35.5. The van der Waals surface area contributed by atoms with E-state index in [1.165, 1.54) is 12.1 Å². The topological polar surface area (TPSA) is 32.3 Å². The summed E-state index contributed by atoms with van der Waals surface area (Å²) < 4.78 is 13.6. The van der Waals surface area contributed by atoms with E-state index in [-0.39, 0.29) is 11.5 Å². The van der Waals surface area contributed by atoms with Gasteiger partial charge in [0.2, 0.25) is 0 Å². The molecule has 1 heterocycles. The molecule has 0 aromatic heterocycles. The number of nitrogens with zero attached hydrogens (tertiary/aromatic N) is 1. The minimum Gasteiger partial charge on any atom is -0.337 e. The number of hydrogen-bond donors (Lipinski definition) is 1. The Labute approximate surface area is 117 Å². The van der Waals surface area contributed by atoms with Crippen LogP contribution in [0.2, 0.25) is 5.02 Å². The minimum atomic E-state index is -0.395. The average molecular weight is 285 g/mol. The molecule has 0 spiro atoms. The van der Waals surface area contributed by atoms with Crippen LogP contribution in [0.15, 0.2) is 12.1 Å². The van der Waals surface area contributed by atoms with Crippen molar-refractivity contribution in [1.29, 1.82) is 0 Å². The van der Waals surface area contributed by atoms with Crippen molar-refractivity contribution in [3.05, 3.63) is 34.1 Å². The maximum atomic E-state index is 13.6. The van der Waals surface area contributed by atoms with Gasteiger partial charge >= 0.3 is 0 Å². The molecule has 0 radical (unpaired) electrons. The van der Waals surface area contributed by atoms with E-state index in [9.17, 15) is 9.18 Å². The number of hydrogen-bond acceptors (Lipinski definition) is 2. The molecule has 1 aromatic rings. The third-order valence-electron chi connectivity index (χ3n) is 3.35. The van der Waals surface area contributed by atoms with Gasteiger partial charge in [-0.15, -0.1) is 0 Å². The molecule has 0 bridgehead atoms. The Morgan fingerprint density at radius 3 is 3.00 bits per heavy atom. The average Bonchev–Trinajstić information content (AvgIpc) is 2.58. The fourth-order valence-electron chi connectivity index (χ4n) is 2.26. The van der Waals surface area contributed by atoms with Crippen LogP contribution < -0.4 is 5.32 Å². The smallest absolute Gasteiger partial charge is 0.255 e. The normalized spacial score (nSPS) is 20.2. The van der Waals surface area contributed by atoms with Crippen LogP contribution in [0.3, 0.4) is 0 Å². The number of carbonyl (C=O) groups is 1. The Bertz CT molecular complexity index is 493. The van der Waals surface area contributed by atoms with Crippen molar-refractivity contribution in [1.82, 2.24) is 10.2 Å². The van der Waals surface area contributed by atoms with Gasteiger partial charge in [0.1, 0.15) is 5.82 Å². The molecule has 1 unspecified atom stereocenters. The van der Waals surface area contributed by atoms with Crippen molar-refractivity contribution < 1.29 is 9.18 Å². The summed E-state index contributed by atoms with van der Waals surface area (Å²) in [5.41, 5.74) is 0.700. The van der Waals surface area contributed by atoms with E-state index >= 15 is 0 Å². The molecule has 5 heteroatoms. The summed E-state index contributed by atoms with van der Waals surface area (Å²) in [5.74, 6) is -0.214. The summed E-state index contributed by atoms with van der Waals surface area (Å²) in [6, 6.07) is 2.74. The van der Waals surface area contributed by atoms with Crippen LogP contribution in [0, 0.1) is 18.7 Å². The SMILES string of the molecule is Cc1cc(Cl)c(C(=O)N2CCNCC(C)C2)cc1F. The van der Waals surface area contributed by atoms with Gasteiger partial charge in [-0.25, -0.2) is 4.39 Å². The van der Waals surface area contributed by atoms with E-state index in [0.29, 0.717) is 29.6 Å². The number of amides is 1. The van der Waals surface area contributed by atoms with Gasteiger partial charge in [0.05, 0.1) is 10.6 Å². The van der Waals surface area contributed by atoms with Gasteiger partial charge in [-0.3, -0.25) is 4.79 Å². The van der Waals surface area contributed by atoms with Crippen LogP contribution in [0.4, 0.5) is 4.39 Å². The second kappa shape index (κ2) is 5.88. The Morgan fingerprint density at radius 1 is 1.53 bits per heavy atom. The van der Waals surface area contributed by atoms with Gasteiger partial charge < -0.3 is 10.2 Å². The first-order valence-electron chi connectivity index (χ1n) is 6.44. The van der Waals surface area contributed by atoms with Gasteiger partial charge in [0, 0.05) is 19.6 Å². The Morgan fingerprint density at radius 2 is 2.26 bits per heavy atom. The van der Waals surface area contributed by atoms with E-state index in [0.717, 1.165) is 13.1 Å². The lowest BCUT2D eigenvalue weighted by Gasteiger charge is -2.23. The highest BCUT2D eigenvalue weighted by Gasteiger charge is 2.23. The van der Waals surface area contributed by atoms with E-state index in [1.54, 1.807) is 11.8 Å². The van der Waals surface area contributed by atoms with Crippen LogP contribution in [-0.2, 0) is 0 Å². The summed E-state index contributed by atoms with van der Waals surface area (Å²) >= 11 is 6.06. The molecule has 1 aromatic carbocycles. The zero-order valence-electron chi connectivity index (χ0n) is 11.2. The molecule has 1 aliphatic rings. The molecule has 2 rings (SSSR count). The lowest BCUT2D eigenvalue weighted by Crippen LogP contribution is -2.35. The fraction of sp³-hybridized carbons (Fsp3) is 0.500. The zero-order chi connectivity index (χ0) is 14.0. The molecule has 1 N–H and O–H groups in total. The first kappa shape index (κ1) is 14.3. The lowest BCUT2D eigenvalue weighted by molar-refractivity contribution is 0.0750. The fourth-order valence-corrected chi connectivity index (χ4v) is 2.56. The standard InChI is InChI=1S/C14H18ClFN2O/c1-9-7-17-3-4-18(8-9)14(19)11-6-13(16)10(2)5-12(11)15/h5-6,9,17H,3-4,7-8H2,1-2H3. The quantitative estimate of drug-likeness (QED) is 0.859. The molecule has 1 amide bonds. The number of aryl methyl sites for hydroxylation is 1. The summed E-state index contributed by atoms with van der Waals surface area (Å²) in [6.07, 6.45) is 0. The predicted octanol–water partition coefficient (Wildman–Crippen LogP) is 2.47. The maximum absolute atomic E-state index is 13.6. The Balaban J connectivity index is 2.25. The van der Waals surface area contributed by atoms with Gasteiger partial charge in [0.25, 0.3) is 5.91 Å². The van der Waals surface area contributed by atoms with E-state index < -0.39 is 5.82 Å². The highest BCUT2D eigenvalue weighted by Crippen LogP contribution is 2.22. The summed E-state index contributed by atoms with van der Waals surface area (Å²) in [6.45, 7) is 6.64. The lowest BCUT2D eigenvalue weighted by atomic mass is 10.1. The van der Waals surface area contributed by atoms with Crippen molar-refractivity contribution >= 4 is 17.5 Å². The van der Waals surface area contributed by atoms with Gasteiger partial charge in [0.15, 0.2) is 0 Å². The monoisotopic (exact) mass is 284 g/mol. The van der Waals surface area contributed by atoms with Crippen LogP contribution in [-0.4, -0.2) is 37.0 Å². The largest absolute Gasteiger partial charge is 0.337 e. The predicted molar refractivity (Wildman–Crippen MR) is 74.1 cm³/mol. The summed E-state index contributed by atoms with van der Waals surface area (Å²) in [4.78, 5) is 14.2. The van der Waals surface area contributed by atoms with Crippen molar-refractivity contribution in [2.45, 2.75) is 13.8 Å². The molecule has 3 nitrogen and oxygen atoms in total.